The van der Waals surface area contributed by atoms with Crippen LogP contribution in [-0.2, 0) is 22.6 Å². The molecule has 2 rings (SSSR count). The minimum Gasteiger partial charge on any atom is -0.489 e. The second-order valence-electron chi connectivity index (χ2n) is 5.09. The van der Waals surface area contributed by atoms with Crippen molar-refractivity contribution < 1.29 is 14.3 Å². The molecule has 0 spiro atoms. The standard InChI is InChI=1S/C18H21NO3/c1-21-18(20)17(19)12-9-14-7-10-16(11-8-14)22-13-15-5-3-2-4-6-15/h2-8,10-11,17H,9,12-13,19H2,1H3/t17-/m0/s1. The molecule has 0 bridgehead atoms. The second kappa shape index (κ2) is 8.20. The molecule has 116 valence electrons. The second-order valence-corrected chi connectivity index (χ2v) is 5.09. The van der Waals surface area contributed by atoms with Gasteiger partial charge in [-0.05, 0) is 36.1 Å². The van der Waals surface area contributed by atoms with Crippen LogP contribution in [0.25, 0.3) is 0 Å². The van der Waals surface area contributed by atoms with Crippen molar-refractivity contribution in [1.29, 1.82) is 0 Å². The molecule has 2 N–H and O–H groups in total. The molecule has 2 aromatic rings. The Morgan fingerprint density at radius 3 is 2.36 bits per heavy atom. The lowest BCUT2D eigenvalue weighted by molar-refractivity contribution is -0.142. The lowest BCUT2D eigenvalue weighted by Gasteiger charge is -2.10. The van der Waals surface area contributed by atoms with Crippen molar-refractivity contribution in [3.05, 3.63) is 65.7 Å². The van der Waals surface area contributed by atoms with Gasteiger partial charge in [0.05, 0.1) is 7.11 Å². The van der Waals surface area contributed by atoms with Gasteiger partial charge < -0.3 is 15.2 Å². The fraction of sp³-hybridized carbons (Fsp3) is 0.278. The highest BCUT2D eigenvalue weighted by Crippen LogP contribution is 2.15. The number of methoxy groups -OCH3 is 1. The maximum Gasteiger partial charge on any atom is 0.322 e. The number of carbonyl (C=O) groups excluding carboxylic acids is 1. The number of aryl methyl sites for hydroxylation is 1. The van der Waals surface area contributed by atoms with Crippen molar-refractivity contribution >= 4 is 5.97 Å². The fourth-order valence-corrected chi connectivity index (χ4v) is 2.08. The van der Waals surface area contributed by atoms with E-state index in [0.29, 0.717) is 13.0 Å². The van der Waals surface area contributed by atoms with Gasteiger partial charge in [-0.1, -0.05) is 42.5 Å². The molecular formula is C18H21NO3. The number of rotatable bonds is 7. The summed E-state index contributed by atoms with van der Waals surface area (Å²) in [6.07, 6.45) is 1.30. The lowest BCUT2D eigenvalue weighted by Crippen LogP contribution is -2.31. The van der Waals surface area contributed by atoms with E-state index in [4.69, 9.17) is 10.5 Å². The van der Waals surface area contributed by atoms with Crippen molar-refractivity contribution in [1.82, 2.24) is 0 Å². The minimum atomic E-state index is -0.570. The third-order valence-corrected chi connectivity index (χ3v) is 3.42. The Hall–Kier alpha value is -2.33. The molecule has 0 fully saturated rings. The normalized spacial score (nSPS) is 11.7. The van der Waals surface area contributed by atoms with E-state index in [1.807, 2.05) is 54.6 Å². The maximum absolute atomic E-state index is 11.2. The van der Waals surface area contributed by atoms with Gasteiger partial charge in [-0.25, -0.2) is 0 Å². The summed E-state index contributed by atoms with van der Waals surface area (Å²) in [5.74, 6) is 0.452. The van der Waals surface area contributed by atoms with Gasteiger partial charge in [-0.3, -0.25) is 4.79 Å². The third-order valence-electron chi connectivity index (χ3n) is 3.42. The Balaban J connectivity index is 1.81. The number of hydrogen-bond acceptors (Lipinski definition) is 4. The van der Waals surface area contributed by atoms with Crippen LogP contribution in [0.3, 0.4) is 0 Å². The van der Waals surface area contributed by atoms with Gasteiger partial charge in [-0.2, -0.15) is 0 Å². The summed E-state index contributed by atoms with van der Waals surface area (Å²) in [5, 5.41) is 0. The first kappa shape index (κ1) is 16.0. The molecule has 0 unspecified atom stereocenters. The summed E-state index contributed by atoms with van der Waals surface area (Å²) in [7, 11) is 1.35. The van der Waals surface area contributed by atoms with Crippen LogP contribution in [0, 0.1) is 0 Å². The first-order valence-corrected chi connectivity index (χ1v) is 7.28. The van der Waals surface area contributed by atoms with Gasteiger partial charge in [0, 0.05) is 0 Å². The van der Waals surface area contributed by atoms with Gasteiger partial charge in [0.2, 0.25) is 0 Å². The Bertz CT molecular complexity index is 581. The molecule has 0 saturated heterocycles. The zero-order chi connectivity index (χ0) is 15.8. The Morgan fingerprint density at radius 1 is 1.05 bits per heavy atom. The maximum atomic E-state index is 11.2. The number of esters is 1. The molecule has 0 aromatic heterocycles. The first-order valence-electron chi connectivity index (χ1n) is 7.28. The van der Waals surface area contributed by atoms with E-state index < -0.39 is 6.04 Å². The van der Waals surface area contributed by atoms with Crippen LogP contribution in [0.1, 0.15) is 17.5 Å². The topological polar surface area (TPSA) is 61.5 Å². The van der Waals surface area contributed by atoms with Crippen LogP contribution in [0.4, 0.5) is 0 Å². The molecule has 4 heteroatoms. The molecule has 1 atom stereocenters. The molecule has 0 aliphatic carbocycles. The highest BCUT2D eigenvalue weighted by atomic mass is 16.5. The number of hydrogen-bond donors (Lipinski definition) is 1. The van der Waals surface area contributed by atoms with E-state index in [2.05, 4.69) is 4.74 Å². The van der Waals surface area contributed by atoms with E-state index >= 15 is 0 Å². The molecule has 22 heavy (non-hydrogen) atoms. The number of nitrogens with two attached hydrogens (primary N) is 1. The SMILES string of the molecule is COC(=O)[C@@H](N)CCc1ccc(OCc2ccccc2)cc1. The molecule has 0 heterocycles. The van der Waals surface area contributed by atoms with Crippen LogP contribution in [0.2, 0.25) is 0 Å². The predicted molar refractivity (Wildman–Crippen MR) is 85.5 cm³/mol. The van der Waals surface area contributed by atoms with E-state index in [1.54, 1.807) is 0 Å². The summed E-state index contributed by atoms with van der Waals surface area (Å²) in [6.45, 7) is 0.549. The first-order chi connectivity index (χ1) is 10.7. The van der Waals surface area contributed by atoms with Crippen molar-refractivity contribution in [2.75, 3.05) is 7.11 Å². The van der Waals surface area contributed by atoms with Gasteiger partial charge >= 0.3 is 5.97 Å². The summed E-state index contributed by atoms with van der Waals surface area (Å²) in [4.78, 5) is 11.2. The zero-order valence-electron chi connectivity index (χ0n) is 12.7. The largest absolute Gasteiger partial charge is 0.489 e. The molecule has 0 aliphatic rings. The molecule has 2 aromatic carbocycles. The summed E-state index contributed by atoms with van der Waals surface area (Å²) < 4.78 is 10.3. The average molecular weight is 299 g/mol. The summed E-state index contributed by atoms with van der Waals surface area (Å²) >= 11 is 0. The van der Waals surface area contributed by atoms with E-state index in [1.165, 1.54) is 7.11 Å². The number of carbonyl (C=O) groups is 1. The van der Waals surface area contributed by atoms with Crippen LogP contribution < -0.4 is 10.5 Å². The molecule has 0 saturated carbocycles. The average Bonchev–Trinajstić information content (AvgIpc) is 2.59. The van der Waals surface area contributed by atoms with Gasteiger partial charge in [-0.15, -0.1) is 0 Å². The van der Waals surface area contributed by atoms with E-state index in [-0.39, 0.29) is 5.97 Å². The monoisotopic (exact) mass is 299 g/mol. The Labute approximate surface area is 130 Å². The third kappa shape index (κ3) is 4.90. The van der Waals surface area contributed by atoms with Crippen molar-refractivity contribution in [2.45, 2.75) is 25.5 Å². The van der Waals surface area contributed by atoms with Gasteiger partial charge in [0.25, 0.3) is 0 Å². The highest BCUT2D eigenvalue weighted by molar-refractivity contribution is 5.75. The predicted octanol–water partition coefficient (Wildman–Crippen LogP) is 2.70. The molecule has 0 aliphatic heterocycles. The Morgan fingerprint density at radius 2 is 1.73 bits per heavy atom. The summed E-state index contributed by atoms with van der Waals surface area (Å²) in [5.41, 5.74) is 7.97. The van der Waals surface area contributed by atoms with Gasteiger partial charge in [0.15, 0.2) is 0 Å². The molecule has 0 radical (unpaired) electrons. The summed E-state index contributed by atoms with van der Waals surface area (Å²) in [6, 6.07) is 17.3. The van der Waals surface area contributed by atoms with Crippen molar-refractivity contribution in [3.63, 3.8) is 0 Å². The lowest BCUT2D eigenvalue weighted by atomic mass is 10.1. The number of ether oxygens (including phenoxy) is 2. The highest BCUT2D eigenvalue weighted by Gasteiger charge is 2.13. The van der Waals surface area contributed by atoms with E-state index in [9.17, 15) is 4.79 Å². The molecule has 4 nitrogen and oxygen atoms in total. The smallest absolute Gasteiger partial charge is 0.322 e. The van der Waals surface area contributed by atoms with Gasteiger partial charge in [0.1, 0.15) is 18.4 Å². The number of benzene rings is 2. The van der Waals surface area contributed by atoms with Crippen LogP contribution in [0.5, 0.6) is 5.75 Å². The van der Waals surface area contributed by atoms with Crippen molar-refractivity contribution in [2.24, 2.45) is 5.73 Å². The van der Waals surface area contributed by atoms with Crippen LogP contribution in [-0.4, -0.2) is 19.1 Å². The Kier molecular flexibility index (Phi) is 5.98. The van der Waals surface area contributed by atoms with Crippen LogP contribution >= 0.6 is 0 Å². The molecular weight excluding hydrogens is 278 g/mol. The minimum absolute atomic E-state index is 0.372. The fourth-order valence-electron chi connectivity index (χ4n) is 2.08. The van der Waals surface area contributed by atoms with Crippen molar-refractivity contribution in [3.8, 4) is 5.75 Å². The molecule has 0 amide bonds. The zero-order valence-corrected chi connectivity index (χ0v) is 12.7. The van der Waals surface area contributed by atoms with Crippen LogP contribution in [0.15, 0.2) is 54.6 Å². The quantitative estimate of drug-likeness (QED) is 0.799. The van der Waals surface area contributed by atoms with E-state index in [0.717, 1.165) is 23.3 Å².